The average Bonchev–Trinajstić information content (AvgIpc) is 3.43. The van der Waals surface area contributed by atoms with Crippen LogP contribution in [0, 0.1) is 0 Å². The zero-order valence-electron chi connectivity index (χ0n) is 43.4. The van der Waals surface area contributed by atoms with Gasteiger partial charge in [0, 0.05) is 0 Å². The van der Waals surface area contributed by atoms with Crippen molar-refractivity contribution in [3.63, 3.8) is 0 Å². The smallest absolute Gasteiger partial charge is 0.726 e. The van der Waals surface area contributed by atoms with Gasteiger partial charge in [-0.2, -0.15) is 0 Å². The summed E-state index contributed by atoms with van der Waals surface area (Å²) in [5.74, 6) is 0. The molecular formula is C18H22K10O45S10. The Balaban J connectivity index is -0.000000937. The fourth-order valence-corrected chi connectivity index (χ4v) is 10.2. The molecule has 65 heteroatoms. The first-order valence-corrected chi connectivity index (χ1v) is 30.2. The van der Waals surface area contributed by atoms with E-state index >= 15 is 0 Å². The van der Waals surface area contributed by atoms with E-state index in [1.807, 2.05) is 0 Å². The maximum Gasteiger partial charge on any atom is 1.00 e. The van der Waals surface area contributed by atoms with Crippen LogP contribution in [0.25, 0.3) is 0 Å². The molecule has 3 aliphatic heterocycles. The summed E-state index contributed by atoms with van der Waals surface area (Å²) in [5, 5.41) is 0. The molecule has 0 radical (unpaired) electrons. The van der Waals surface area contributed by atoms with E-state index in [9.17, 15) is 130 Å². The molecule has 0 aromatic rings. The molecule has 0 bridgehead atoms. The summed E-state index contributed by atoms with van der Waals surface area (Å²) in [6.07, 6.45) is -47.0. The second kappa shape index (κ2) is 48.2. The van der Waals surface area contributed by atoms with E-state index < -0.39 is 216 Å². The molecule has 0 spiro atoms. The second-order valence-corrected chi connectivity index (χ2v) is 23.3. The number of ether oxygens (including phenoxy) is 5. The van der Waals surface area contributed by atoms with Gasteiger partial charge in [-0.25, -0.2) is 84.2 Å². The van der Waals surface area contributed by atoms with Crippen molar-refractivity contribution in [2.24, 2.45) is 0 Å². The summed E-state index contributed by atoms with van der Waals surface area (Å²) in [4.78, 5) is 0. The molecule has 0 aromatic heterocycles. The van der Waals surface area contributed by atoms with Crippen molar-refractivity contribution < 1.29 is 709 Å². The van der Waals surface area contributed by atoms with Crippen LogP contribution >= 0.6 is 0 Å². The number of rotatable bonds is 28. The fourth-order valence-electron chi connectivity index (χ4n) is 6.03. The molecule has 3 fully saturated rings. The predicted molar refractivity (Wildman–Crippen MR) is 186 cm³/mol. The topological polar surface area (TPSA) is 710 Å². The maximum atomic E-state index is 12.2. The standard InChI is InChI=1S/C18H32O45S10.10K/c19-64(20,21)49-1-5-9(11(58-68(31,32)33)7(53-5)3-51-66(25,26)27)56-17-15(62-72(43,44)45)13(60-70(37,38)39)10(6(54-17)2-50-65(22,23)24)57-18-16(63-73(46,47)48)14(61-71(40,41)42)12(59-69(34,35)36)8(55-18)4-52-67(28,29)30;;;;;;;;;;/h5-18H,1-4H2,(H,19,20,21)(H,22,23,24)(H,25,26,27)(H,28,29,30)(H,31,32,33)(H,34,35,36)(H,37,38,39)(H,40,41,42)(H,43,44,45)(H,46,47,48);;;;;;;;;;/q;10*+1/p-10/t5?,6-,7+,8+,9-,10+,11+,12+,13+,14+,15+,16-,17-,18+;;;;;;;;;;/m1........../s1. The summed E-state index contributed by atoms with van der Waals surface area (Å²) >= 11 is 0. The van der Waals surface area contributed by atoms with E-state index in [0.29, 0.717) is 0 Å². The van der Waals surface area contributed by atoms with Crippen molar-refractivity contribution in [3.05, 3.63) is 0 Å². The van der Waals surface area contributed by atoms with Crippen LogP contribution in [0.4, 0.5) is 0 Å². The third-order valence-corrected chi connectivity index (χ3v) is 12.5. The molecule has 0 amide bonds. The molecule has 0 aliphatic carbocycles. The Labute approximate surface area is 898 Å². The van der Waals surface area contributed by atoms with Crippen LogP contribution in [-0.4, -0.2) is 242 Å². The van der Waals surface area contributed by atoms with Gasteiger partial charge in [0.2, 0.25) is 104 Å². The van der Waals surface area contributed by atoms with Gasteiger partial charge < -0.3 is 69.2 Å². The van der Waals surface area contributed by atoms with Gasteiger partial charge in [0.25, 0.3) is 0 Å². The Kier molecular flexibility index (Phi) is 66.1. The largest absolute Gasteiger partial charge is 1.00 e. The Bertz CT molecular complexity index is 3140. The third kappa shape index (κ3) is 49.4. The molecule has 3 rings (SSSR count). The van der Waals surface area contributed by atoms with Crippen LogP contribution in [0.5, 0.6) is 0 Å². The van der Waals surface area contributed by atoms with Crippen molar-refractivity contribution in [3.8, 4) is 0 Å². The molecule has 3 heterocycles. The molecule has 434 valence electrons. The van der Waals surface area contributed by atoms with Crippen molar-refractivity contribution >= 4 is 104 Å². The van der Waals surface area contributed by atoms with Gasteiger partial charge >= 0.3 is 514 Å². The molecule has 3 saturated heterocycles. The van der Waals surface area contributed by atoms with E-state index in [0.717, 1.165) is 0 Å². The van der Waals surface area contributed by atoms with Crippen molar-refractivity contribution in [2.45, 2.75) is 85.8 Å². The van der Waals surface area contributed by atoms with Crippen molar-refractivity contribution in [2.75, 3.05) is 26.4 Å². The zero-order valence-corrected chi connectivity index (χ0v) is 82.8. The molecule has 45 nitrogen and oxygen atoms in total. The Hall–Kier alpha value is 14.9. The maximum absolute atomic E-state index is 12.2. The van der Waals surface area contributed by atoms with Crippen molar-refractivity contribution in [1.82, 2.24) is 0 Å². The van der Waals surface area contributed by atoms with Gasteiger partial charge in [-0.05, 0) is 0 Å². The first-order chi connectivity index (χ1) is 32.4. The molecule has 0 saturated carbocycles. The van der Waals surface area contributed by atoms with E-state index in [4.69, 9.17) is 23.7 Å². The van der Waals surface area contributed by atoms with E-state index in [1.165, 1.54) is 0 Å². The van der Waals surface area contributed by atoms with Crippen LogP contribution in [0.15, 0.2) is 0 Å². The summed E-state index contributed by atoms with van der Waals surface area (Å²) in [7, 11) is -64.0. The van der Waals surface area contributed by atoms with Crippen LogP contribution in [0.2, 0.25) is 0 Å². The molecule has 83 heavy (non-hydrogen) atoms. The van der Waals surface area contributed by atoms with Crippen LogP contribution in [0.1, 0.15) is 0 Å². The predicted octanol–water partition coefficient (Wildman–Crippen LogP) is -42.0. The molecule has 14 atom stereocenters. The third-order valence-electron chi connectivity index (χ3n) is 8.05. The minimum atomic E-state index is -6.79. The number of hydrogen-bond donors (Lipinski definition) is 0. The molecular weight excluding hydrogens is 1650 g/mol. The second-order valence-electron chi connectivity index (χ2n) is 13.1. The van der Waals surface area contributed by atoms with Gasteiger partial charge in [-0.1, -0.05) is 0 Å². The average molecular weight is 1670 g/mol. The van der Waals surface area contributed by atoms with Gasteiger partial charge in [0.1, 0.15) is 61.0 Å². The van der Waals surface area contributed by atoms with E-state index in [1.54, 1.807) is 0 Å². The SMILES string of the molecule is O=S(=O)([O-])OCC1O[C@@H](COS(=O)(=O)[O-])[C@H](OS(=O)(=O)[O-])[C@@H]1O[C@H]1O[C@H](COS(=O)(=O)[O-])[C@H](O[C@@H]2O[C@@H](COS(=O)(=O)[O-])[C@H](OS(=O)(=O)[O-])[C@H](OS(=O)(=O)[O-])[C@H]2OS(=O)(=O)[O-])[C@H](OS(=O)(=O)[O-])[C@@H]1OS(=O)(=O)[O-].[K+].[K+].[K+].[K+].[K+].[K+].[K+].[K+].[K+].[K+]. The fraction of sp³-hybridized carbons (Fsp3) is 1.00. The number of hydrogen-bond acceptors (Lipinski definition) is 45. The normalized spacial score (nSPS) is 28.0. The molecule has 0 aromatic carbocycles. The van der Waals surface area contributed by atoms with Crippen molar-refractivity contribution in [1.29, 1.82) is 0 Å². The monoisotopic (exact) mass is 1670 g/mol. The molecule has 1 unspecified atom stereocenters. The quantitative estimate of drug-likeness (QED) is 0.0399. The van der Waals surface area contributed by atoms with E-state index in [-0.39, 0.29) is 514 Å². The summed E-state index contributed by atoms with van der Waals surface area (Å²) < 4.78 is 416. The van der Waals surface area contributed by atoms with Gasteiger partial charge in [0.05, 0.1) is 26.4 Å². The zero-order chi connectivity index (χ0) is 56.5. The van der Waals surface area contributed by atoms with Gasteiger partial charge in [-0.3, -0.25) is 41.8 Å². The van der Waals surface area contributed by atoms with Crippen LogP contribution in [-0.2, 0) is 170 Å². The minimum Gasteiger partial charge on any atom is -0.726 e. The van der Waals surface area contributed by atoms with Crippen LogP contribution in [0.3, 0.4) is 0 Å². The molecule has 0 N–H and O–H groups in total. The van der Waals surface area contributed by atoms with E-state index in [2.05, 4.69) is 41.8 Å². The Morgan fingerprint density at radius 1 is 0.229 bits per heavy atom. The van der Waals surface area contributed by atoms with Gasteiger partial charge in [-0.15, -0.1) is 0 Å². The summed E-state index contributed by atoms with van der Waals surface area (Å²) in [6.45, 7) is -8.24. The van der Waals surface area contributed by atoms with Gasteiger partial charge in [0.15, 0.2) is 24.8 Å². The summed E-state index contributed by atoms with van der Waals surface area (Å²) in [5.41, 5.74) is 0. The Morgan fingerprint density at radius 3 is 0.639 bits per heavy atom. The first kappa shape index (κ1) is 114. The molecule has 3 aliphatic rings. The minimum absolute atomic E-state index is 0. The Morgan fingerprint density at radius 2 is 0.398 bits per heavy atom. The first-order valence-electron chi connectivity index (χ1n) is 16.9. The van der Waals surface area contributed by atoms with Crippen LogP contribution < -0.4 is 514 Å². The summed E-state index contributed by atoms with van der Waals surface area (Å²) in [6, 6.07) is 0.